The summed E-state index contributed by atoms with van der Waals surface area (Å²) in [6.45, 7) is 3.59. The van der Waals surface area contributed by atoms with Crippen LogP contribution in [0.4, 0.5) is 0 Å². The summed E-state index contributed by atoms with van der Waals surface area (Å²) in [5.74, 6) is 0.555. The zero-order valence-electron chi connectivity index (χ0n) is 14.5. The van der Waals surface area contributed by atoms with E-state index in [1.54, 1.807) is 18.2 Å². The van der Waals surface area contributed by atoms with Gasteiger partial charge in [-0.15, -0.1) is 0 Å². The number of ether oxygens (including phenoxy) is 1. The molecular formula is C20H20ClN3O2. The van der Waals surface area contributed by atoms with Gasteiger partial charge in [-0.25, -0.2) is 0 Å². The number of aromatic nitrogens is 2. The van der Waals surface area contributed by atoms with Gasteiger partial charge >= 0.3 is 0 Å². The average molecular weight is 370 g/mol. The number of benzene rings is 2. The highest BCUT2D eigenvalue weighted by Gasteiger charge is 2.08. The SMILES string of the molecule is CCn1ccc(CNC(=O)c2cccc(COc3cccc(Cl)c3)c2)n1. The molecule has 0 spiro atoms. The number of rotatable bonds is 7. The molecule has 0 saturated heterocycles. The normalized spacial score (nSPS) is 10.5. The fraction of sp³-hybridized carbons (Fsp3) is 0.200. The summed E-state index contributed by atoms with van der Waals surface area (Å²) in [5, 5.41) is 7.87. The first-order chi connectivity index (χ1) is 12.6. The van der Waals surface area contributed by atoms with Gasteiger partial charge in [0.1, 0.15) is 12.4 Å². The van der Waals surface area contributed by atoms with Gasteiger partial charge in [-0.05, 0) is 48.9 Å². The Labute approximate surface area is 157 Å². The molecule has 0 bridgehead atoms. The van der Waals surface area contributed by atoms with Crippen LogP contribution in [0.15, 0.2) is 60.8 Å². The van der Waals surface area contributed by atoms with Gasteiger partial charge in [0.25, 0.3) is 5.91 Å². The second-order valence-electron chi connectivity index (χ2n) is 5.79. The van der Waals surface area contributed by atoms with Crippen molar-refractivity contribution in [1.29, 1.82) is 0 Å². The molecule has 3 rings (SSSR count). The largest absolute Gasteiger partial charge is 0.489 e. The van der Waals surface area contributed by atoms with E-state index in [-0.39, 0.29) is 5.91 Å². The number of hydrogen-bond acceptors (Lipinski definition) is 3. The fourth-order valence-electron chi connectivity index (χ4n) is 2.47. The lowest BCUT2D eigenvalue weighted by molar-refractivity contribution is 0.0950. The maximum absolute atomic E-state index is 12.4. The number of carbonyl (C=O) groups is 1. The molecule has 3 aromatic rings. The number of nitrogens with one attached hydrogen (secondary N) is 1. The van der Waals surface area contributed by atoms with E-state index in [0.717, 1.165) is 17.8 Å². The first-order valence-electron chi connectivity index (χ1n) is 8.42. The smallest absolute Gasteiger partial charge is 0.251 e. The van der Waals surface area contributed by atoms with Crippen molar-refractivity contribution in [1.82, 2.24) is 15.1 Å². The van der Waals surface area contributed by atoms with Gasteiger partial charge in [0.15, 0.2) is 0 Å². The van der Waals surface area contributed by atoms with E-state index in [1.165, 1.54) is 0 Å². The Morgan fingerprint density at radius 1 is 1.19 bits per heavy atom. The Kier molecular flexibility index (Phi) is 5.92. The van der Waals surface area contributed by atoms with Crippen molar-refractivity contribution in [2.75, 3.05) is 0 Å². The first-order valence-corrected chi connectivity index (χ1v) is 8.79. The van der Waals surface area contributed by atoms with Crippen LogP contribution in [0.3, 0.4) is 0 Å². The van der Waals surface area contributed by atoms with Crippen molar-refractivity contribution in [3.63, 3.8) is 0 Å². The van der Waals surface area contributed by atoms with Gasteiger partial charge in [0.2, 0.25) is 0 Å². The topological polar surface area (TPSA) is 56.2 Å². The van der Waals surface area contributed by atoms with E-state index in [4.69, 9.17) is 16.3 Å². The van der Waals surface area contributed by atoms with Crippen LogP contribution in [-0.4, -0.2) is 15.7 Å². The Morgan fingerprint density at radius 2 is 2.04 bits per heavy atom. The second kappa shape index (κ2) is 8.54. The Morgan fingerprint density at radius 3 is 2.81 bits per heavy atom. The molecule has 5 nitrogen and oxygen atoms in total. The number of halogens is 1. The molecule has 1 aromatic heterocycles. The second-order valence-corrected chi connectivity index (χ2v) is 6.23. The molecule has 1 heterocycles. The van der Waals surface area contributed by atoms with Crippen molar-refractivity contribution in [2.45, 2.75) is 26.6 Å². The monoisotopic (exact) mass is 369 g/mol. The molecule has 1 amide bonds. The Bertz CT molecular complexity index is 892. The molecule has 2 aromatic carbocycles. The van der Waals surface area contributed by atoms with Gasteiger partial charge in [-0.1, -0.05) is 29.8 Å². The number of aryl methyl sites for hydroxylation is 1. The molecule has 0 atom stereocenters. The lowest BCUT2D eigenvalue weighted by Gasteiger charge is -2.08. The van der Waals surface area contributed by atoms with Crippen molar-refractivity contribution >= 4 is 17.5 Å². The zero-order valence-corrected chi connectivity index (χ0v) is 15.2. The molecular weight excluding hydrogens is 350 g/mol. The third-order valence-electron chi connectivity index (χ3n) is 3.84. The maximum Gasteiger partial charge on any atom is 0.251 e. The van der Waals surface area contributed by atoms with E-state index in [1.807, 2.05) is 54.2 Å². The van der Waals surface area contributed by atoms with Gasteiger partial charge < -0.3 is 10.1 Å². The van der Waals surface area contributed by atoms with Crippen molar-refractivity contribution in [3.8, 4) is 5.75 Å². The summed E-state index contributed by atoms with van der Waals surface area (Å²) >= 11 is 5.95. The first kappa shape index (κ1) is 18.0. The molecule has 0 aliphatic rings. The molecule has 1 N–H and O–H groups in total. The minimum atomic E-state index is -0.138. The highest BCUT2D eigenvalue weighted by molar-refractivity contribution is 6.30. The zero-order chi connectivity index (χ0) is 18.4. The molecule has 0 fully saturated rings. The van der Waals surface area contributed by atoms with Crippen LogP contribution in [0.2, 0.25) is 5.02 Å². The number of carbonyl (C=O) groups excluding carboxylic acids is 1. The molecule has 134 valence electrons. The van der Waals surface area contributed by atoms with E-state index in [2.05, 4.69) is 10.4 Å². The van der Waals surface area contributed by atoms with E-state index in [9.17, 15) is 4.79 Å². The molecule has 0 radical (unpaired) electrons. The summed E-state index contributed by atoms with van der Waals surface area (Å²) in [5.41, 5.74) is 2.33. The maximum atomic E-state index is 12.4. The molecule has 0 saturated carbocycles. The van der Waals surface area contributed by atoms with E-state index < -0.39 is 0 Å². The van der Waals surface area contributed by atoms with Crippen LogP contribution in [0.1, 0.15) is 28.5 Å². The summed E-state index contributed by atoms with van der Waals surface area (Å²) in [4.78, 5) is 12.4. The number of hydrogen-bond donors (Lipinski definition) is 1. The van der Waals surface area contributed by atoms with Crippen LogP contribution >= 0.6 is 11.6 Å². The molecule has 6 heteroatoms. The molecule has 26 heavy (non-hydrogen) atoms. The highest BCUT2D eigenvalue weighted by Crippen LogP contribution is 2.18. The predicted octanol–water partition coefficient (Wildman–Crippen LogP) is 4.07. The van der Waals surface area contributed by atoms with Crippen LogP contribution in [0, 0.1) is 0 Å². The van der Waals surface area contributed by atoms with Crippen LogP contribution < -0.4 is 10.1 Å². The summed E-state index contributed by atoms with van der Waals surface area (Å²) in [7, 11) is 0. The highest BCUT2D eigenvalue weighted by atomic mass is 35.5. The third-order valence-corrected chi connectivity index (χ3v) is 4.08. The standard InChI is InChI=1S/C20H20ClN3O2/c1-2-24-10-9-18(23-24)13-22-20(25)16-6-3-5-15(11-16)14-26-19-8-4-7-17(21)12-19/h3-12H,2,13-14H2,1H3,(H,22,25). The van der Waals surface area contributed by atoms with Gasteiger partial charge in [-0.3, -0.25) is 9.48 Å². The van der Waals surface area contributed by atoms with Crippen molar-refractivity contribution in [3.05, 3.63) is 82.6 Å². The minimum absolute atomic E-state index is 0.138. The summed E-state index contributed by atoms with van der Waals surface area (Å²) in [6.07, 6.45) is 1.90. The predicted molar refractivity (Wildman–Crippen MR) is 101 cm³/mol. The van der Waals surface area contributed by atoms with E-state index >= 15 is 0 Å². The minimum Gasteiger partial charge on any atom is -0.489 e. The summed E-state index contributed by atoms with van der Waals surface area (Å²) in [6, 6.07) is 16.5. The van der Waals surface area contributed by atoms with E-state index in [0.29, 0.717) is 29.5 Å². The number of nitrogens with zero attached hydrogens (tertiary/aromatic N) is 2. The van der Waals surface area contributed by atoms with Gasteiger partial charge in [0.05, 0.1) is 12.2 Å². The van der Waals surface area contributed by atoms with Gasteiger partial charge in [-0.2, -0.15) is 5.10 Å². The lowest BCUT2D eigenvalue weighted by atomic mass is 10.1. The van der Waals surface area contributed by atoms with Gasteiger partial charge in [0, 0.05) is 23.3 Å². The van der Waals surface area contributed by atoms with Crippen molar-refractivity contribution in [2.24, 2.45) is 0 Å². The lowest BCUT2D eigenvalue weighted by Crippen LogP contribution is -2.23. The third kappa shape index (κ3) is 4.86. The molecule has 0 aliphatic carbocycles. The molecule has 0 aliphatic heterocycles. The Balaban J connectivity index is 1.58. The van der Waals surface area contributed by atoms with Crippen LogP contribution in [-0.2, 0) is 19.7 Å². The number of amides is 1. The van der Waals surface area contributed by atoms with Crippen molar-refractivity contribution < 1.29 is 9.53 Å². The quantitative estimate of drug-likeness (QED) is 0.683. The van der Waals surface area contributed by atoms with Crippen LogP contribution in [0.5, 0.6) is 5.75 Å². The summed E-state index contributed by atoms with van der Waals surface area (Å²) < 4.78 is 7.55. The average Bonchev–Trinajstić information content (AvgIpc) is 3.13. The molecule has 0 unspecified atom stereocenters. The fourth-order valence-corrected chi connectivity index (χ4v) is 2.65. The van der Waals surface area contributed by atoms with Crippen LogP contribution in [0.25, 0.3) is 0 Å². The Hall–Kier alpha value is -2.79.